The minimum absolute atomic E-state index is 0.491. The van der Waals surface area contributed by atoms with Crippen molar-refractivity contribution < 1.29 is 0 Å². The maximum atomic E-state index is 2.45. The van der Waals surface area contributed by atoms with Crippen LogP contribution in [0.3, 0.4) is 0 Å². The molecule has 2 aromatic carbocycles. The Morgan fingerprint density at radius 3 is 1.35 bits per heavy atom. The van der Waals surface area contributed by atoms with Crippen molar-refractivity contribution in [2.75, 3.05) is 0 Å². The van der Waals surface area contributed by atoms with Crippen molar-refractivity contribution in [2.45, 2.75) is 39.5 Å². The number of rotatable bonds is 4. The van der Waals surface area contributed by atoms with Crippen LogP contribution in [-0.2, 0) is 12.8 Å². The Hall–Kier alpha value is -1.56. The molecule has 0 saturated heterocycles. The molecule has 104 valence electrons. The molecule has 0 bridgehead atoms. The molecule has 0 heterocycles. The van der Waals surface area contributed by atoms with Crippen molar-refractivity contribution in [3.05, 3.63) is 71.8 Å². The Labute approximate surface area is 122 Å². The summed E-state index contributed by atoms with van der Waals surface area (Å²) in [5.74, 6) is 0. The first kappa shape index (κ1) is 13.4. The minimum Gasteiger partial charge on any atom is -0.0622 e. The first-order valence-electron chi connectivity index (χ1n) is 7.65. The molecule has 3 rings (SSSR count). The molecule has 0 amide bonds. The molecule has 1 saturated carbocycles. The third-order valence-electron chi connectivity index (χ3n) is 4.65. The lowest BCUT2D eigenvalue weighted by molar-refractivity contribution is -0.0114. The molecule has 0 spiro atoms. The summed E-state index contributed by atoms with van der Waals surface area (Å²) in [7, 11) is 0. The molecule has 0 aromatic heterocycles. The summed E-state index contributed by atoms with van der Waals surface area (Å²) in [5, 5.41) is 0. The monoisotopic (exact) mass is 264 g/mol. The van der Waals surface area contributed by atoms with Gasteiger partial charge in [0.05, 0.1) is 0 Å². The molecule has 0 heteroatoms. The molecule has 2 aromatic rings. The standard InChI is InChI=1S/C20H24/c1-19(13-17-9-5-3-6-10-17)15-20(2,16-19)14-18-11-7-4-8-12-18/h3-12H,13-16H2,1-2H3. The van der Waals surface area contributed by atoms with Crippen LogP contribution in [0.5, 0.6) is 0 Å². The first-order valence-corrected chi connectivity index (χ1v) is 7.65. The van der Waals surface area contributed by atoms with Gasteiger partial charge in [0.25, 0.3) is 0 Å². The molecule has 0 N–H and O–H groups in total. The summed E-state index contributed by atoms with van der Waals surface area (Å²) >= 11 is 0. The molecule has 1 aliphatic carbocycles. The van der Waals surface area contributed by atoms with Crippen molar-refractivity contribution in [1.29, 1.82) is 0 Å². The first-order chi connectivity index (χ1) is 9.57. The fourth-order valence-electron chi connectivity index (χ4n) is 4.44. The van der Waals surface area contributed by atoms with Crippen LogP contribution < -0.4 is 0 Å². The van der Waals surface area contributed by atoms with Crippen LogP contribution in [0.2, 0.25) is 0 Å². The van der Waals surface area contributed by atoms with E-state index in [-0.39, 0.29) is 0 Å². The van der Waals surface area contributed by atoms with Crippen LogP contribution >= 0.6 is 0 Å². The van der Waals surface area contributed by atoms with E-state index in [0.717, 1.165) is 0 Å². The van der Waals surface area contributed by atoms with Crippen molar-refractivity contribution >= 4 is 0 Å². The third kappa shape index (κ3) is 2.95. The molecule has 0 unspecified atom stereocenters. The molecule has 0 aliphatic heterocycles. The summed E-state index contributed by atoms with van der Waals surface area (Å²) in [6.07, 6.45) is 5.12. The van der Waals surface area contributed by atoms with Gasteiger partial charge in [0, 0.05) is 0 Å². The molecule has 1 fully saturated rings. The van der Waals surface area contributed by atoms with Gasteiger partial charge in [0.1, 0.15) is 0 Å². The van der Waals surface area contributed by atoms with E-state index < -0.39 is 0 Å². The molecule has 1 aliphatic rings. The summed E-state index contributed by atoms with van der Waals surface area (Å²) in [6.45, 7) is 4.90. The van der Waals surface area contributed by atoms with Crippen molar-refractivity contribution in [3.8, 4) is 0 Å². The highest BCUT2D eigenvalue weighted by Gasteiger charge is 2.48. The minimum atomic E-state index is 0.491. The van der Waals surface area contributed by atoms with Gasteiger partial charge in [-0.05, 0) is 47.6 Å². The average molecular weight is 264 g/mol. The highest BCUT2D eigenvalue weighted by molar-refractivity contribution is 5.21. The van der Waals surface area contributed by atoms with E-state index in [1.54, 1.807) is 0 Å². The van der Waals surface area contributed by atoms with E-state index in [9.17, 15) is 0 Å². The fourth-order valence-corrected chi connectivity index (χ4v) is 4.44. The SMILES string of the molecule is CC1(Cc2ccccc2)CC(C)(Cc2ccccc2)C1. The summed E-state index contributed by atoms with van der Waals surface area (Å²) in [4.78, 5) is 0. The largest absolute Gasteiger partial charge is 0.0622 e. The van der Waals surface area contributed by atoms with Gasteiger partial charge in [-0.15, -0.1) is 0 Å². The van der Waals surface area contributed by atoms with Crippen LogP contribution in [0.25, 0.3) is 0 Å². The predicted molar refractivity (Wildman–Crippen MR) is 85.7 cm³/mol. The lowest BCUT2D eigenvalue weighted by Crippen LogP contribution is -2.45. The van der Waals surface area contributed by atoms with Crippen LogP contribution in [0.15, 0.2) is 60.7 Å². The van der Waals surface area contributed by atoms with Gasteiger partial charge < -0.3 is 0 Å². The molecule has 0 nitrogen and oxygen atoms in total. The maximum Gasteiger partial charge on any atom is -0.0224 e. The van der Waals surface area contributed by atoms with Gasteiger partial charge in [0.2, 0.25) is 0 Å². The lowest BCUT2D eigenvalue weighted by Gasteiger charge is -2.54. The second-order valence-corrected chi connectivity index (χ2v) is 7.30. The summed E-state index contributed by atoms with van der Waals surface area (Å²) in [5.41, 5.74) is 3.95. The van der Waals surface area contributed by atoms with Gasteiger partial charge >= 0.3 is 0 Å². The average Bonchev–Trinajstić information content (AvgIpc) is 2.38. The number of hydrogen-bond donors (Lipinski definition) is 0. The van der Waals surface area contributed by atoms with Crippen molar-refractivity contribution in [1.82, 2.24) is 0 Å². The number of hydrogen-bond acceptors (Lipinski definition) is 0. The van der Waals surface area contributed by atoms with E-state index in [1.807, 2.05) is 0 Å². The van der Waals surface area contributed by atoms with Crippen LogP contribution in [0, 0.1) is 10.8 Å². The zero-order valence-corrected chi connectivity index (χ0v) is 12.6. The van der Waals surface area contributed by atoms with E-state index in [4.69, 9.17) is 0 Å². The van der Waals surface area contributed by atoms with Crippen molar-refractivity contribution in [2.24, 2.45) is 10.8 Å². The Morgan fingerprint density at radius 1 is 0.650 bits per heavy atom. The van der Waals surface area contributed by atoms with E-state index in [1.165, 1.54) is 36.8 Å². The van der Waals surface area contributed by atoms with Gasteiger partial charge in [-0.3, -0.25) is 0 Å². The second kappa shape index (κ2) is 5.09. The lowest BCUT2D eigenvalue weighted by atomic mass is 9.51. The zero-order valence-electron chi connectivity index (χ0n) is 12.6. The van der Waals surface area contributed by atoms with E-state index in [0.29, 0.717) is 10.8 Å². The highest BCUT2D eigenvalue weighted by Crippen LogP contribution is 2.57. The predicted octanol–water partition coefficient (Wildman–Crippen LogP) is 5.28. The Kier molecular flexibility index (Phi) is 3.41. The molecule has 0 radical (unpaired) electrons. The Bertz CT molecular complexity index is 496. The third-order valence-corrected chi connectivity index (χ3v) is 4.65. The summed E-state index contributed by atoms with van der Waals surface area (Å²) < 4.78 is 0. The smallest absolute Gasteiger partial charge is 0.0224 e. The normalized spacial score (nSPS) is 28.9. The van der Waals surface area contributed by atoms with Crippen LogP contribution in [-0.4, -0.2) is 0 Å². The van der Waals surface area contributed by atoms with E-state index in [2.05, 4.69) is 74.5 Å². The van der Waals surface area contributed by atoms with Gasteiger partial charge in [-0.2, -0.15) is 0 Å². The Balaban J connectivity index is 1.62. The zero-order chi connectivity index (χ0) is 14.1. The second-order valence-electron chi connectivity index (χ2n) is 7.30. The quantitative estimate of drug-likeness (QED) is 0.705. The topological polar surface area (TPSA) is 0 Å². The maximum absolute atomic E-state index is 2.45. The Morgan fingerprint density at radius 2 is 1.00 bits per heavy atom. The molecule has 20 heavy (non-hydrogen) atoms. The highest BCUT2D eigenvalue weighted by atomic mass is 14.5. The van der Waals surface area contributed by atoms with Gasteiger partial charge in [0.15, 0.2) is 0 Å². The number of benzene rings is 2. The molecule has 0 atom stereocenters. The summed E-state index contributed by atoms with van der Waals surface area (Å²) in [6, 6.07) is 21.9. The molecular formula is C20H24. The van der Waals surface area contributed by atoms with E-state index >= 15 is 0 Å². The van der Waals surface area contributed by atoms with Crippen LogP contribution in [0.4, 0.5) is 0 Å². The molecular weight excluding hydrogens is 240 g/mol. The van der Waals surface area contributed by atoms with Gasteiger partial charge in [-0.25, -0.2) is 0 Å². The fraction of sp³-hybridized carbons (Fsp3) is 0.400. The van der Waals surface area contributed by atoms with Crippen LogP contribution in [0.1, 0.15) is 37.8 Å². The van der Waals surface area contributed by atoms with Crippen molar-refractivity contribution in [3.63, 3.8) is 0 Å². The van der Waals surface area contributed by atoms with Gasteiger partial charge in [-0.1, -0.05) is 74.5 Å².